The molecule has 0 saturated carbocycles. The average molecular weight is 313 g/mol. The summed E-state index contributed by atoms with van der Waals surface area (Å²) in [4.78, 5) is 13.5. The summed E-state index contributed by atoms with van der Waals surface area (Å²) in [5, 5.41) is -0.195. The summed E-state index contributed by atoms with van der Waals surface area (Å²) in [6, 6.07) is 16.8. The summed E-state index contributed by atoms with van der Waals surface area (Å²) in [5.74, 6) is 0. The lowest BCUT2D eigenvalue weighted by Gasteiger charge is -2.21. The van der Waals surface area contributed by atoms with Gasteiger partial charge in [0.15, 0.2) is 0 Å². The Hall–Kier alpha value is -1.74. The van der Waals surface area contributed by atoms with E-state index in [9.17, 15) is 4.79 Å². The van der Waals surface area contributed by atoms with Crippen LogP contribution in [0.15, 0.2) is 48.5 Å². The molecule has 3 heteroatoms. The van der Waals surface area contributed by atoms with Crippen LogP contribution in [-0.4, -0.2) is 10.1 Å². The van der Waals surface area contributed by atoms with E-state index in [-0.39, 0.29) is 5.24 Å². The fourth-order valence-electron chi connectivity index (χ4n) is 2.39. The van der Waals surface area contributed by atoms with Gasteiger partial charge in [0.2, 0.25) is 0 Å². The summed E-state index contributed by atoms with van der Waals surface area (Å²) in [5.41, 5.74) is 4.87. The minimum atomic E-state index is -0.195. The molecule has 0 atom stereocenters. The summed E-state index contributed by atoms with van der Waals surface area (Å²) in [6.45, 7) is 5.45. The molecule has 2 nitrogen and oxygen atoms in total. The standard InChI is InChI=1S/C19H23NOS/c1-3-15-5-9-17(10-6-15)13-20(19(21)22)14-18-11-7-16(4-2)8-12-18/h5-12H,3-4,13-14H2,1-2H3,(H,21,22). The highest BCUT2D eigenvalue weighted by atomic mass is 32.1. The highest BCUT2D eigenvalue weighted by Crippen LogP contribution is 2.14. The second kappa shape index (κ2) is 8.04. The molecule has 2 rings (SSSR count). The molecule has 0 saturated heterocycles. The first-order valence-corrected chi connectivity index (χ1v) is 8.20. The third kappa shape index (κ3) is 4.63. The van der Waals surface area contributed by atoms with Crippen molar-refractivity contribution in [2.24, 2.45) is 0 Å². The summed E-state index contributed by atoms with van der Waals surface area (Å²) >= 11 is 4.02. The molecule has 0 aliphatic rings. The normalized spacial score (nSPS) is 10.5. The molecular weight excluding hydrogens is 290 g/mol. The van der Waals surface area contributed by atoms with Crippen LogP contribution >= 0.6 is 12.6 Å². The first-order valence-electron chi connectivity index (χ1n) is 7.75. The molecule has 0 N–H and O–H groups in total. The van der Waals surface area contributed by atoms with E-state index in [0.717, 1.165) is 24.0 Å². The highest BCUT2D eigenvalue weighted by molar-refractivity contribution is 7.96. The van der Waals surface area contributed by atoms with Crippen LogP contribution in [0.3, 0.4) is 0 Å². The molecule has 0 unspecified atom stereocenters. The maximum atomic E-state index is 11.8. The van der Waals surface area contributed by atoms with E-state index in [0.29, 0.717) is 13.1 Å². The first kappa shape index (κ1) is 16.6. The Morgan fingerprint density at radius 1 is 0.773 bits per heavy atom. The number of amides is 1. The Balaban J connectivity index is 2.06. The summed E-state index contributed by atoms with van der Waals surface area (Å²) in [6.07, 6.45) is 2.05. The molecule has 0 radical (unpaired) electrons. The van der Waals surface area contributed by atoms with E-state index in [1.54, 1.807) is 4.90 Å². The molecule has 0 aromatic heterocycles. The largest absolute Gasteiger partial charge is 0.325 e. The lowest BCUT2D eigenvalue weighted by Crippen LogP contribution is -2.25. The van der Waals surface area contributed by atoms with E-state index >= 15 is 0 Å². The fraction of sp³-hybridized carbons (Fsp3) is 0.316. The average Bonchev–Trinajstić information content (AvgIpc) is 2.55. The molecular formula is C19H23NOS. The van der Waals surface area contributed by atoms with Crippen LogP contribution in [0, 0.1) is 0 Å². The smallest absolute Gasteiger partial charge is 0.279 e. The van der Waals surface area contributed by atoms with Gasteiger partial charge in [0.1, 0.15) is 0 Å². The number of thiol groups is 1. The van der Waals surface area contributed by atoms with Gasteiger partial charge >= 0.3 is 0 Å². The monoisotopic (exact) mass is 313 g/mol. The number of nitrogens with zero attached hydrogens (tertiary/aromatic N) is 1. The molecule has 0 bridgehead atoms. The minimum absolute atomic E-state index is 0.195. The van der Waals surface area contributed by atoms with Crippen LogP contribution in [0.1, 0.15) is 36.1 Å². The number of carbonyl (C=O) groups excluding carboxylic acids is 1. The van der Waals surface area contributed by atoms with Crippen molar-refractivity contribution in [1.82, 2.24) is 4.90 Å². The van der Waals surface area contributed by atoms with Crippen LogP contribution in [0.2, 0.25) is 0 Å². The van der Waals surface area contributed by atoms with E-state index in [1.807, 2.05) is 0 Å². The van der Waals surface area contributed by atoms with E-state index in [2.05, 4.69) is 75.0 Å². The van der Waals surface area contributed by atoms with Crippen molar-refractivity contribution in [3.63, 3.8) is 0 Å². The van der Waals surface area contributed by atoms with Gasteiger partial charge in [-0.25, -0.2) is 0 Å². The predicted molar refractivity (Wildman–Crippen MR) is 95.3 cm³/mol. The van der Waals surface area contributed by atoms with E-state index in [4.69, 9.17) is 0 Å². The molecule has 0 spiro atoms. The molecule has 1 amide bonds. The van der Waals surface area contributed by atoms with Gasteiger partial charge in [0.05, 0.1) is 0 Å². The molecule has 0 fully saturated rings. The van der Waals surface area contributed by atoms with Crippen LogP contribution in [0.25, 0.3) is 0 Å². The molecule has 22 heavy (non-hydrogen) atoms. The van der Waals surface area contributed by atoms with E-state index < -0.39 is 0 Å². The molecule has 0 aliphatic heterocycles. The molecule has 0 heterocycles. The second-order valence-electron chi connectivity index (χ2n) is 5.48. The Kier molecular flexibility index (Phi) is 6.08. The quantitative estimate of drug-likeness (QED) is 0.755. The van der Waals surface area contributed by atoms with Crippen LogP contribution in [0.4, 0.5) is 4.79 Å². The maximum Gasteiger partial charge on any atom is 0.279 e. The number of aryl methyl sites for hydroxylation is 2. The lowest BCUT2D eigenvalue weighted by atomic mass is 10.1. The molecule has 0 aliphatic carbocycles. The van der Waals surface area contributed by atoms with Crippen molar-refractivity contribution in [2.45, 2.75) is 39.8 Å². The van der Waals surface area contributed by atoms with Gasteiger partial charge < -0.3 is 4.90 Å². The second-order valence-corrected chi connectivity index (χ2v) is 5.86. The zero-order valence-electron chi connectivity index (χ0n) is 13.2. The van der Waals surface area contributed by atoms with Gasteiger partial charge in [0, 0.05) is 13.1 Å². The highest BCUT2D eigenvalue weighted by Gasteiger charge is 2.11. The Labute approximate surface area is 138 Å². The maximum absolute atomic E-state index is 11.8. The van der Waals surface area contributed by atoms with Gasteiger partial charge in [-0.1, -0.05) is 75.0 Å². The van der Waals surface area contributed by atoms with Gasteiger partial charge in [-0.15, -0.1) is 0 Å². The van der Waals surface area contributed by atoms with Crippen molar-refractivity contribution in [3.05, 3.63) is 70.8 Å². The number of benzene rings is 2. The van der Waals surface area contributed by atoms with Crippen molar-refractivity contribution in [3.8, 4) is 0 Å². The summed E-state index contributed by atoms with van der Waals surface area (Å²) in [7, 11) is 0. The third-order valence-electron chi connectivity index (χ3n) is 3.88. The number of rotatable bonds is 6. The van der Waals surface area contributed by atoms with Crippen LogP contribution in [0.5, 0.6) is 0 Å². The number of hydrogen-bond donors (Lipinski definition) is 1. The van der Waals surface area contributed by atoms with Crippen molar-refractivity contribution < 1.29 is 4.79 Å². The van der Waals surface area contributed by atoms with Gasteiger partial charge in [0.25, 0.3) is 5.24 Å². The topological polar surface area (TPSA) is 20.3 Å². The zero-order valence-corrected chi connectivity index (χ0v) is 14.1. The van der Waals surface area contributed by atoms with Crippen molar-refractivity contribution >= 4 is 17.9 Å². The first-order chi connectivity index (χ1) is 10.6. The molecule has 2 aromatic carbocycles. The van der Waals surface area contributed by atoms with Gasteiger partial charge in [-0.05, 0) is 35.1 Å². The third-order valence-corrected chi connectivity index (χ3v) is 4.16. The predicted octanol–water partition coefficient (Wildman–Crippen LogP) is 4.86. The Bertz CT molecular complexity index is 555. The Morgan fingerprint density at radius 3 is 1.36 bits per heavy atom. The zero-order chi connectivity index (χ0) is 15.9. The fourth-order valence-corrected chi connectivity index (χ4v) is 2.53. The Morgan fingerprint density at radius 2 is 1.09 bits per heavy atom. The minimum Gasteiger partial charge on any atom is -0.325 e. The van der Waals surface area contributed by atoms with Crippen molar-refractivity contribution in [2.75, 3.05) is 0 Å². The lowest BCUT2D eigenvalue weighted by molar-refractivity contribution is 0.218. The summed E-state index contributed by atoms with van der Waals surface area (Å²) < 4.78 is 0. The molecule has 2 aromatic rings. The van der Waals surface area contributed by atoms with Crippen LogP contribution in [-0.2, 0) is 25.9 Å². The van der Waals surface area contributed by atoms with E-state index in [1.165, 1.54) is 11.1 Å². The van der Waals surface area contributed by atoms with Crippen LogP contribution < -0.4 is 0 Å². The SMILES string of the molecule is CCc1ccc(CN(Cc2ccc(CC)cc2)C(=O)S)cc1. The molecule has 116 valence electrons. The van der Waals surface area contributed by atoms with Gasteiger partial charge in [-0.2, -0.15) is 0 Å². The number of carbonyl (C=O) groups is 1. The number of hydrogen-bond acceptors (Lipinski definition) is 1. The van der Waals surface area contributed by atoms with Crippen molar-refractivity contribution in [1.29, 1.82) is 0 Å². The van der Waals surface area contributed by atoms with Gasteiger partial charge in [-0.3, -0.25) is 4.79 Å².